The summed E-state index contributed by atoms with van der Waals surface area (Å²) in [4.78, 5) is 0. The molecule has 5 heteroatoms. The highest BCUT2D eigenvalue weighted by Crippen LogP contribution is 2.32. The molecule has 82 valence electrons. The molecule has 0 spiro atoms. The predicted octanol–water partition coefficient (Wildman–Crippen LogP) is 1.23. The number of ether oxygens (including phenoxy) is 2. The van der Waals surface area contributed by atoms with E-state index < -0.39 is 0 Å². The molecule has 0 radical (unpaired) electrons. The molecule has 0 aromatic heterocycles. The Hall–Kier alpha value is -1.75. The molecule has 0 unspecified atom stereocenters. The van der Waals surface area contributed by atoms with Gasteiger partial charge in [-0.2, -0.15) is 0 Å². The number of thiocarbonyl (C=S) groups is 1. The summed E-state index contributed by atoms with van der Waals surface area (Å²) in [7, 11) is 0. The SMILES string of the molecule is S=C1NC/C(=C/c2ccc3c(c2)OCO3)N1. The number of hydrogen-bond donors (Lipinski definition) is 2. The van der Waals surface area contributed by atoms with Gasteiger partial charge in [-0.05, 0) is 36.0 Å². The number of rotatable bonds is 1. The number of fused-ring (bicyclic) bond motifs is 1. The first-order valence-electron chi connectivity index (χ1n) is 4.96. The molecule has 1 aromatic rings. The molecule has 2 N–H and O–H groups in total. The maximum Gasteiger partial charge on any atom is 0.231 e. The lowest BCUT2D eigenvalue weighted by atomic mass is 10.1. The van der Waals surface area contributed by atoms with Crippen molar-refractivity contribution in [3.63, 3.8) is 0 Å². The molecule has 1 saturated heterocycles. The van der Waals surface area contributed by atoms with E-state index >= 15 is 0 Å². The zero-order valence-corrected chi connectivity index (χ0v) is 9.26. The molecular formula is C11H10N2O2S. The Kier molecular flexibility index (Phi) is 2.18. The molecule has 0 atom stereocenters. The summed E-state index contributed by atoms with van der Waals surface area (Å²) < 4.78 is 10.6. The fourth-order valence-corrected chi connectivity index (χ4v) is 1.90. The second kappa shape index (κ2) is 3.68. The Bertz CT molecular complexity index is 485. The van der Waals surface area contributed by atoms with Crippen molar-refractivity contribution >= 4 is 23.4 Å². The van der Waals surface area contributed by atoms with Crippen molar-refractivity contribution in [3.8, 4) is 11.5 Å². The lowest BCUT2D eigenvalue weighted by Crippen LogP contribution is -2.19. The normalized spacial score (nSPS) is 19.8. The largest absolute Gasteiger partial charge is 0.454 e. The minimum absolute atomic E-state index is 0.305. The fraction of sp³-hybridized carbons (Fsp3) is 0.182. The zero-order valence-electron chi connectivity index (χ0n) is 8.45. The standard InChI is InChI=1S/C11H10N2O2S/c16-11-12-5-8(13-11)3-7-1-2-9-10(4-7)15-6-14-9/h1-4H,5-6H2,(H2,12,13,16)/b8-3-. The van der Waals surface area contributed by atoms with Crippen LogP contribution in [0.15, 0.2) is 23.9 Å². The second-order valence-corrected chi connectivity index (χ2v) is 4.00. The molecule has 2 heterocycles. The van der Waals surface area contributed by atoms with Crippen LogP contribution in [0.2, 0.25) is 0 Å². The van der Waals surface area contributed by atoms with Crippen LogP contribution in [0.3, 0.4) is 0 Å². The van der Waals surface area contributed by atoms with E-state index in [1.54, 1.807) is 0 Å². The third kappa shape index (κ3) is 1.69. The van der Waals surface area contributed by atoms with Crippen LogP contribution in [-0.4, -0.2) is 18.5 Å². The van der Waals surface area contributed by atoms with Gasteiger partial charge in [0.05, 0.1) is 6.54 Å². The first kappa shape index (κ1) is 9.47. The van der Waals surface area contributed by atoms with E-state index in [0.29, 0.717) is 11.9 Å². The lowest BCUT2D eigenvalue weighted by molar-refractivity contribution is 0.174. The van der Waals surface area contributed by atoms with E-state index in [1.165, 1.54) is 0 Å². The van der Waals surface area contributed by atoms with E-state index in [2.05, 4.69) is 10.6 Å². The topological polar surface area (TPSA) is 42.5 Å². The minimum Gasteiger partial charge on any atom is -0.454 e. The second-order valence-electron chi connectivity index (χ2n) is 3.59. The predicted molar refractivity (Wildman–Crippen MR) is 64.3 cm³/mol. The van der Waals surface area contributed by atoms with Gasteiger partial charge in [0.15, 0.2) is 16.6 Å². The third-order valence-electron chi connectivity index (χ3n) is 2.45. The summed E-state index contributed by atoms with van der Waals surface area (Å²) >= 11 is 4.98. The maximum atomic E-state index is 5.31. The van der Waals surface area contributed by atoms with Crippen molar-refractivity contribution in [3.05, 3.63) is 29.5 Å². The van der Waals surface area contributed by atoms with Crippen LogP contribution in [-0.2, 0) is 0 Å². The van der Waals surface area contributed by atoms with E-state index in [9.17, 15) is 0 Å². The molecule has 0 aliphatic carbocycles. The van der Waals surface area contributed by atoms with Crippen molar-refractivity contribution in [2.75, 3.05) is 13.3 Å². The monoisotopic (exact) mass is 234 g/mol. The zero-order chi connectivity index (χ0) is 11.0. The molecule has 4 nitrogen and oxygen atoms in total. The quantitative estimate of drug-likeness (QED) is 0.715. The Balaban J connectivity index is 1.88. The van der Waals surface area contributed by atoms with Crippen molar-refractivity contribution in [2.45, 2.75) is 0 Å². The average molecular weight is 234 g/mol. The lowest BCUT2D eigenvalue weighted by Gasteiger charge is -1.99. The highest BCUT2D eigenvalue weighted by atomic mass is 32.1. The summed E-state index contributed by atoms with van der Waals surface area (Å²) in [6.45, 7) is 1.05. The molecule has 1 aromatic carbocycles. The molecular weight excluding hydrogens is 224 g/mol. The van der Waals surface area contributed by atoms with Gasteiger partial charge in [-0.15, -0.1) is 0 Å². The van der Waals surface area contributed by atoms with E-state index in [-0.39, 0.29) is 0 Å². The smallest absolute Gasteiger partial charge is 0.231 e. The van der Waals surface area contributed by atoms with Gasteiger partial charge in [0, 0.05) is 5.70 Å². The first-order valence-corrected chi connectivity index (χ1v) is 5.37. The molecule has 0 bridgehead atoms. The molecule has 1 fully saturated rings. The van der Waals surface area contributed by atoms with E-state index in [0.717, 1.165) is 29.3 Å². The van der Waals surface area contributed by atoms with Gasteiger partial charge in [-0.25, -0.2) is 0 Å². The number of hydrogen-bond acceptors (Lipinski definition) is 3. The highest BCUT2D eigenvalue weighted by molar-refractivity contribution is 7.80. The summed E-state index contributed by atoms with van der Waals surface area (Å²) in [5, 5.41) is 6.79. The van der Waals surface area contributed by atoms with Crippen LogP contribution in [0.4, 0.5) is 0 Å². The summed E-state index contributed by atoms with van der Waals surface area (Å²) in [5.41, 5.74) is 2.13. The van der Waals surface area contributed by atoms with Crippen molar-refractivity contribution in [1.29, 1.82) is 0 Å². The van der Waals surface area contributed by atoms with E-state index in [4.69, 9.17) is 21.7 Å². The molecule has 0 saturated carbocycles. The first-order chi connectivity index (χ1) is 7.81. The van der Waals surface area contributed by atoms with E-state index in [1.807, 2.05) is 24.3 Å². The van der Waals surface area contributed by atoms with Crippen LogP contribution in [0.1, 0.15) is 5.56 Å². The van der Waals surface area contributed by atoms with Gasteiger partial charge in [0.2, 0.25) is 6.79 Å². The Morgan fingerprint density at radius 2 is 2.12 bits per heavy atom. The fourth-order valence-electron chi connectivity index (χ4n) is 1.70. The van der Waals surface area contributed by atoms with Crippen LogP contribution < -0.4 is 20.1 Å². The van der Waals surface area contributed by atoms with Crippen LogP contribution in [0.25, 0.3) is 6.08 Å². The van der Waals surface area contributed by atoms with Gasteiger partial charge in [-0.3, -0.25) is 0 Å². The van der Waals surface area contributed by atoms with Gasteiger partial charge in [0.1, 0.15) is 0 Å². The van der Waals surface area contributed by atoms with Crippen LogP contribution >= 0.6 is 12.2 Å². The Labute approximate surface area is 98.2 Å². The van der Waals surface area contributed by atoms with Gasteiger partial charge >= 0.3 is 0 Å². The van der Waals surface area contributed by atoms with Crippen LogP contribution in [0.5, 0.6) is 11.5 Å². The molecule has 0 amide bonds. The third-order valence-corrected chi connectivity index (χ3v) is 2.70. The van der Waals surface area contributed by atoms with Crippen molar-refractivity contribution in [2.24, 2.45) is 0 Å². The molecule has 16 heavy (non-hydrogen) atoms. The van der Waals surface area contributed by atoms with Crippen molar-refractivity contribution in [1.82, 2.24) is 10.6 Å². The minimum atomic E-state index is 0.305. The summed E-state index contributed by atoms with van der Waals surface area (Å²) in [5.74, 6) is 1.60. The maximum absolute atomic E-state index is 5.31. The number of benzene rings is 1. The molecule has 2 aliphatic rings. The van der Waals surface area contributed by atoms with Gasteiger partial charge in [0.25, 0.3) is 0 Å². The Morgan fingerprint density at radius 1 is 1.25 bits per heavy atom. The summed E-state index contributed by atoms with van der Waals surface area (Å²) in [6.07, 6.45) is 2.04. The van der Waals surface area contributed by atoms with Crippen LogP contribution in [0, 0.1) is 0 Å². The summed E-state index contributed by atoms with van der Waals surface area (Å²) in [6, 6.07) is 5.86. The van der Waals surface area contributed by atoms with Crippen molar-refractivity contribution < 1.29 is 9.47 Å². The average Bonchev–Trinajstić information content (AvgIpc) is 2.87. The van der Waals surface area contributed by atoms with Gasteiger partial charge in [-0.1, -0.05) is 6.07 Å². The molecule has 3 rings (SSSR count). The number of nitrogens with one attached hydrogen (secondary N) is 2. The van der Waals surface area contributed by atoms with Gasteiger partial charge < -0.3 is 20.1 Å². The Morgan fingerprint density at radius 3 is 2.94 bits per heavy atom. The highest BCUT2D eigenvalue weighted by Gasteiger charge is 2.14. The molecule has 2 aliphatic heterocycles.